The molecule has 8 nitrogen and oxygen atoms in total. The van der Waals surface area contributed by atoms with Crippen molar-refractivity contribution in [3.05, 3.63) is 71.9 Å². The summed E-state index contributed by atoms with van der Waals surface area (Å²) in [5, 5.41) is 3.28. The van der Waals surface area contributed by atoms with Gasteiger partial charge in [0, 0.05) is 71.1 Å². The molecule has 10 heteroatoms. The quantitative estimate of drug-likeness (QED) is 0.550. The second-order valence-corrected chi connectivity index (χ2v) is 9.85. The summed E-state index contributed by atoms with van der Waals surface area (Å²) >= 11 is 0. The van der Waals surface area contributed by atoms with Crippen molar-refractivity contribution in [1.29, 1.82) is 0 Å². The summed E-state index contributed by atoms with van der Waals surface area (Å²) in [6.07, 6.45) is -0.463. The second-order valence-electron chi connectivity index (χ2n) is 9.85. The number of benzene rings is 2. The fourth-order valence-corrected chi connectivity index (χ4v) is 5.42. The van der Waals surface area contributed by atoms with E-state index >= 15 is 4.39 Å². The molecule has 6 rings (SSSR count). The van der Waals surface area contributed by atoms with Gasteiger partial charge in [-0.2, -0.15) is 4.98 Å². The largest absolute Gasteiger partial charge is 0.369 e. The highest BCUT2D eigenvalue weighted by atomic mass is 19.1. The first-order valence-corrected chi connectivity index (χ1v) is 13.4. The third kappa shape index (κ3) is 5.10. The SMILES string of the molecule is Fc1ccccc1N1CCN(c2nc(N3CCN(c4ccccc4)CC3)nc(C3CNCCO3)c2F)CC1. The highest BCUT2D eigenvalue weighted by molar-refractivity contribution is 5.54. The number of nitrogens with one attached hydrogen (secondary N) is 1. The van der Waals surface area contributed by atoms with E-state index in [1.54, 1.807) is 12.1 Å². The maximum atomic E-state index is 16.0. The van der Waals surface area contributed by atoms with Crippen LogP contribution < -0.4 is 24.9 Å². The van der Waals surface area contributed by atoms with Crippen molar-refractivity contribution in [2.24, 2.45) is 0 Å². The fourth-order valence-electron chi connectivity index (χ4n) is 5.42. The lowest BCUT2D eigenvalue weighted by Gasteiger charge is -2.39. The summed E-state index contributed by atoms with van der Waals surface area (Å²) in [7, 11) is 0. The van der Waals surface area contributed by atoms with Gasteiger partial charge in [0.2, 0.25) is 5.95 Å². The van der Waals surface area contributed by atoms with Crippen molar-refractivity contribution in [2.45, 2.75) is 6.10 Å². The molecule has 0 aliphatic carbocycles. The van der Waals surface area contributed by atoms with Gasteiger partial charge in [0.05, 0.1) is 12.3 Å². The lowest BCUT2D eigenvalue weighted by atomic mass is 10.2. The van der Waals surface area contributed by atoms with Crippen molar-refractivity contribution in [2.75, 3.05) is 91.7 Å². The Morgan fingerprint density at radius 3 is 2.11 bits per heavy atom. The summed E-state index contributed by atoms with van der Waals surface area (Å²) in [5.41, 5.74) is 2.08. The van der Waals surface area contributed by atoms with Gasteiger partial charge in [-0.15, -0.1) is 0 Å². The predicted molar refractivity (Wildman–Crippen MR) is 145 cm³/mol. The number of hydrogen-bond donors (Lipinski definition) is 1. The molecule has 0 radical (unpaired) electrons. The van der Waals surface area contributed by atoms with E-state index in [9.17, 15) is 4.39 Å². The van der Waals surface area contributed by atoms with Crippen LogP contribution in [0.15, 0.2) is 54.6 Å². The van der Waals surface area contributed by atoms with E-state index in [0.717, 1.165) is 32.7 Å². The van der Waals surface area contributed by atoms with Crippen LogP contribution in [0, 0.1) is 11.6 Å². The highest BCUT2D eigenvalue weighted by Gasteiger charge is 2.31. The zero-order chi connectivity index (χ0) is 25.9. The van der Waals surface area contributed by atoms with Crippen molar-refractivity contribution in [3.8, 4) is 0 Å². The van der Waals surface area contributed by atoms with Gasteiger partial charge in [-0.3, -0.25) is 0 Å². The van der Waals surface area contributed by atoms with Gasteiger partial charge in [-0.25, -0.2) is 13.8 Å². The Bertz CT molecular complexity index is 1230. The molecular formula is C28H33F2N7O. The maximum Gasteiger partial charge on any atom is 0.227 e. The molecule has 1 aromatic heterocycles. The summed E-state index contributed by atoms with van der Waals surface area (Å²) in [4.78, 5) is 17.9. The topological polar surface area (TPSA) is 60.0 Å². The van der Waals surface area contributed by atoms with Crippen LogP contribution >= 0.6 is 0 Å². The molecule has 3 aliphatic rings. The van der Waals surface area contributed by atoms with Gasteiger partial charge < -0.3 is 29.7 Å². The third-order valence-electron chi connectivity index (χ3n) is 7.54. The minimum Gasteiger partial charge on any atom is -0.369 e. The fraction of sp³-hybridized carbons (Fsp3) is 0.429. The normalized spacial score (nSPS) is 20.6. The van der Waals surface area contributed by atoms with Gasteiger partial charge in [0.1, 0.15) is 17.6 Å². The average Bonchev–Trinajstić information content (AvgIpc) is 2.99. The number of morpholine rings is 1. The summed E-state index contributed by atoms with van der Waals surface area (Å²) in [6.45, 7) is 7.12. The van der Waals surface area contributed by atoms with Gasteiger partial charge in [-0.1, -0.05) is 30.3 Å². The van der Waals surface area contributed by atoms with E-state index < -0.39 is 11.9 Å². The smallest absolute Gasteiger partial charge is 0.227 e. The zero-order valence-corrected chi connectivity index (χ0v) is 21.4. The maximum absolute atomic E-state index is 16.0. The Morgan fingerprint density at radius 1 is 0.737 bits per heavy atom. The molecular weight excluding hydrogens is 488 g/mol. The Morgan fingerprint density at radius 2 is 1.39 bits per heavy atom. The van der Waals surface area contributed by atoms with Crippen LogP contribution in [0.1, 0.15) is 11.8 Å². The number of anilines is 4. The standard InChI is InChI=1S/C28H33F2N7O/c29-22-8-4-5-9-23(22)35-13-15-36(16-14-35)27-25(30)26(24-20-31-10-19-38-24)32-28(33-27)37-17-11-34(12-18-37)21-6-2-1-3-7-21/h1-9,24,31H,10-20H2. The van der Waals surface area contributed by atoms with Crippen molar-refractivity contribution >= 4 is 23.1 Å². The molecule has 4 heterocycles. The number of rotatable bonds is 5. The molecule has 1 N–H and O–H groups in total. The summed E-state index contributed by atoms with van der Waals surface area (Å²) in [6, 6.07) is 17.1. The van der Waals surface area contributed by atoms with E-state index in [4.69, 9.17) is 14.7 Å². The van der Waals surface area contributed by atoms with Crippen LogP contribution in [0.25, 0.3) is 0 Å². The number of aromatic nitrogens is 2. The number of halogens is 2. The van der Waals surface area contributed by atoms with E-state index in [1.807, 2.05) is 34.1 Å². The Hall–Kier alpha value is -3.50. The lowest BCUT2D eigenvalue weighted by Crippen LogP contribution is -2.49. The molecule has 3 saturated heterocycles. The molecule has 38 heavy (non-hydrogen) atoms. The summed E-state index contributed by atoms with van der Waals surface area (Å²) < 4.78 is 36.2. The first-order chi connectivity index (χ1) is 18.7. The molecule has 0 bridgehead atoms. The predicted octanol–water partition coefficient (Wildman–Crippen LogP) is 3.07. The van der Waals surface area contributed by atoms with Gasteiger partial charge in [0.15, 0.2) is 11.6 Å². The van der Waals surface area contributed by atoms with Crippen molar-refractivity contribution < 1.29 is 13.5 Å². The van der Waals surface area contributed by atoms with Gasteiger partial charge in [0.25, 0.3) is 0 Å². The summed E-state index contributed by atoms with van der Waals surface area (Å²) in [5.74, 6) is 0.174. The first kappa shape index (κ1) is 24.8. The number of ether oxygens (including phenoxy) is 1. The molecule has 1 atom stereocenters. The Kier molecular flexibility index (Phi) is 7.24. The highest BCUT2D eigenvalue weighted by Crippen LogP contribution is 2.31. The number of para-hydroxylation sites is 2. The Balaban J connectivity index is 1.24. The van der Waals surface area contributed by atoms with Crippen molar-refractivity contribution in [1.82, 2.24) is 15.3 Å². The van der Waals surface area contributed by atoms with Crippen molar-refractivity contribution in [3.63, 3.8) is 0 Å². The van der Waals surface area contributed by atoms with E-state index in [1.165, 1.54) is 11.8 Å². The molecule has 0 spiro atoms. The monoisotopic (exact) mass is 521 g/mol. The van der Waals surface area contributed by atoms with Crippen LogP contribution in [0.4, 0.5) is 31.9 Å². The van der Waals surface area contributed by atoms with E-state index in [0.29, 0.717) is 62.5 Å². The average molecular weight is 522 g/mol. The van der Waals surface area contributed by atoms with Gasteiger partial charge in [-0.05, 0) is 24.3 Å². The van der Waals surface area contributed by atoms with Crippen LogP contribution in [-0.4, -0.2) is 82.0 Å². The van der Waals surface area contributed by atoms with E-state index in [-0.39, 0.29) is 5.82 Å². The molecule has 0 saturated carbocycles. The number of nitrogens with zero attached hydrogens (tertiary/aromatic N) is 6. The van der Waals surface area contributed by atoms with E-state index in [2.05, 4.69) is 27.2 Å². The third-order valence-corrected chi connectivity index (χ3v) is 7.54. The minimum atomic E-state index is -0.463. The lowest BCUT2D eigenvalue weighted by molar-refractivity contribution is 0.0226. The zero-order valence-electron chi connectivity index (χ0n) is 21.4. The van der Waals surface area contributed by atoms with Crippen LogP contribution in [0.2, 0.25) is 0 Å². The number of hydrogen-bond acceptors (Lipinski definition) is 8. The Labute approximate surface area is 221 Å². The molecule has 3 aromatic rings. The second kappa shape index (κ2) is 11.1. The van der Waals surface area contributed by atoms with Crippen LogP contribution in [0.3, 0.4) is 0 Å². The molecule has 200 valence electrons. The minimum absolute atomic E-state index is 0.240. The van der Waals surface area contributed by atoms with Crippen LogP contribution in [0.5, 0.6) is 0 Å². The molecule has 2 aromatic carbocycles. The first-order valence-electron chi connectivity index (χ1n) is 13.4. The molecule has 0 amide bonds. The van der Waals surface area contributed by atoms with Crippen LogP contribution in [-0.2, 0) is 4.74 Å². The molecule has 3 aliphatic heterocycles. The van der Waals surface area contributed by atoms with Gasteiger partial charge >= 0.3 is 0 Å². The number of piperazine rings is 2. The molecule has 3 fully saturated rings. The molecule has 1 unspecified atom stereocenters.